The monoisotopic (exact) mass is 447 g/mol. The summed E-state index contributed by atoms with van der Waals surface area (Å²) in [7, 11) is 1.52. The first-order valence-electron chi connectivity index (χ1n) is 10.5. The van der Waals surface area contributed by atoms with Crippen LogP contribution in [0.4, 0.5) is 5.82 Å². The molecule has 6 N–H and O–H groups in total. The second-order valence-corrected chi connectivity index (χ2v) is 7.72. The Kier molecular flexibility index (Phi) is 6.03. The topological polar surface area (TPSA) is 145 Å². The van der Waals surface area contributed by atoms with Crippen LogP contribution >= 0.6 is 0 Å². The van der Waals surface area contributed by atoms with Gasteiger partial charge in [-0.3, -0.25) is 9.59 Å². The number of nitrogens with one attached hydrogen (secondary N) is 1. The maximum atomic E-state index is 12.5. The minimum absolute atomic E-state index is 0.118. The van der Waals surface area contributed by atoms with Crippen LogP contribution in [0, 0.1) is 0 Å². The van der Waals surface area contributed by atoms with Gasteiger partial charge in [-0.2, -0.15) is 5.10 Å². The molecule has 1 aromatic heterocycles. The molecule has 2 amide bonds. The molecular formula is C24H25N5O4. The van der Waals surface area contributed by atoms with Gasteiger partial charge in [0.05, 0.1) is 12.7 Å². The van der Waals surface area contributed by atoms with E-state index in [0.717, 1.165) is 5.56 Å². The quantitative estimate of drug-likeness (QED) is 0.438. The zero-order chi connectivity index (χ0) is 23.5. The first-order valence-corrected chi connectivity index (χ1v) is 10.5. The number of allylic oxidation sites excluding steroid dienone is 2. The smallest absolute Gasteiger partial charge is 0.255 e. The molecule has 9 nitrogen and oxygen atoms in total. The second kappa shape index (κ2) is 9.07. The minimum Gasteiger partial charge on any atom is -0.510 e. The Morgan fingerprint density at radius 1 is 1.21 bits per heavy atom. The van der Waals surface area contributed by atoms with Crippen molar-refractivity contribution in [3.63, 3.8) is 0 Å². The molecule has 1 aliphatic carbocycles. The number of rotatable bonds is 7. The SMILES string of the molecule is COc1ccccc1C(=O)NCc1ccc(-c2nn(C3CCC=C3O)c(N)c2C(N)=O)cc1. The molecule has 1 aliphatic rings. The van der Waals surface area contributed by atoms with E-state index >= 15 is 0 Å². The van der Waals surface area contributed by atoms with Crippen LogP contribution in [-0.4, -0.2) is 33.8 Å². The fraction of sp³-hybridized carbons (Fsp3) is 0.208. The number of anilines is 1. The van der Waals surface area contributed by atoms with Crippen molar-refractivity contribution in [3.05, 3.63) is 77.1 Å². The molecule has 3 aromatic rings. The van der Waals surface area contributed by atoms with Crippen LogP contribution in [0.3, 0.4) is 0 Å². The molecule has 0 saturated heterocycles. The number of carbonyl (C=O) groups excluding carboxylic acids is 2. The number of primary amides is 1. The number of nitrogens with two attached hydrogens (primary N) is 2. The number of nitrogens with zero attached hydrogens (tertiary/aromatic N) is 2. The third-order valence-corrected chi connectivity index (χ3v) is 5.66. The first-order chi connectivity index (χ1) is 15.9. The van der Waals surface area contributed by atoms with Crippen LogP contribution in [0.15, 0.2) is 60.4 Å². The Morgan fingerprint density at radius 3 is 2.58 bits per heavy atom. The number of benzene rings is 2. The van der Waals surface area contributed by atoms with E-state index in [-0.39, 0.29) is 23.0 Å². The lowest BCUT2D eigenvalue weighted by atomic mass is 10.0. The van der Waals surface area contributed by atoms with Crippen molar-refractivity contribution >= 4 is 17.6 Å². The van der Waals surface area contributed by atoms with Gasteiger partial charge in [0.25, 0.3) is 11.8 Å². The van der Waals surface area contributed by atoms with Crippen LogP contribution < -0.4 is 21.5 Å². The number of hydrogen-bond donors (Lipinski definition) is 4. The molecule has 1 atom stereocenters. The van der Waals surface area contributed by atoms with Gasteiger partial charge < -0.3 is 26.6 Å². The third-order valence-electron chi connectivity index (χ3n) is 5.66. The van der Waals surface area contributed by atoms with Gasteiger partial charge in [-0.15, -0.1) is 0 Å². The number of carbonyl (C=O) groups is 2. The van der Waals surface area contributed by atoms with E-state index in [0.29, 0.717) is 42.0 Å². The highest BCUT2D eigenvalue weighted by molar-refractivity contribution is 6.03. The van der Waals surface area contributed by atoms with Crippen LogP contribution in [-0.2, 0) is 6.54 Å². The van der Waals surface area contributed by atoms with E-state index in [1.807, 2.05) is 12.1 Å². The largest absolute Gasteiger partial charge is 0.510 e. The van der Waals surface area contributed by atoms with E-state index in [1.54, 1.807) is 42.5 Å². The molecule has 2 aromatic carbocycles. The number of ether oxygens (including phenoxy) is 1. The normalized spacial score (nSPS) is 15.2. The molecule has 1 heterocycles. The number of methoxy groups -OCH3 is 1. The van der Waals surface area contributed by atoms with E-state index in [9.17, 15) is 14.7 Å². The molecule has 9 heteroatoms. The maximum Gasteiger partial charge on any atom is 0.255 e. The molecule has 33 heavy (non-hydrogen) atoms. The summed E-state index contributed by atoms with van der Waals surface area (Å²) in [5, 5.41) is 17.5. The Morgan fingerprint density at radius 2 is 1.94 bits per heavy atom. The summed E-state index contributed by atoms with van der Waals surface area (Å²) in [6, 6.07) is 13.8. The Labute approximate surface area is 190 Å². The fourth-order valence-corrected chi connectivity index (χ4v) is 3.94. The summed E-state index contributed by atoms with van der Waals surface area (Å²) in [4.78, 5) is 24.6. The number of aliphatic hydroxyl groups is 1. The van der Waals surface area contributed by atoms with Crippen molar-refractivity contribution in [3.8, 4) is 17.0 Å². The van der Waals surface area contributed by atoms with Crippen LogP contribution in [0.2, 0.25) is 0 Å². The molecule has 4 rings (SSSR count). The highest BCUT2D eigenvalue weighted by atomic mass is 16.5. The summed E-state index contributed by atoms with van der Waals surface area (Å²) >= 11 is 0. The van der Waals surface area contributed by atoms with Gasteiger partial charge >= 0.3 is 0 Å². The molecule has 0 radical (unpaired) electrons. The van der Waals surface area contributed by atoms with Crippen molar-refractivity contribution < 1.29 is 19.4 Å². The predicted molar refractivity (Wildman–Crippen MR) is 124 cm³/mol. The molecule has 0 saturated carbocycles. The summed E-state index contributed by atoms with van der Waals surface area (Å²) < 4.78 is 6.69. The number of para-hydroxylation sites is 1. The zero-order valence-corrected chi connectivity index (χ0v) is 18.1. The lowest BCUT2D eigenvalue weighted by Crippen LogP contribution is -2.23. The van der Waals surface area contributed by atoms with Crippen LogP contribution in [0.25, 0.3) is 11.3 Å². The summed E-state index contributed by atoms with van der Waals surface area (Å²) in [6.07, 6.45) is 3.05. The second-order valence-electron chi connectivity index (χ2n) is 7.72. The van der Waals surface area contributed by atoms with Gasteiger partial charge in [0.2, 0.25) is 0 Å². The van der Waals surface area contributed by atoms with E-state index in [2.05, 4.69) is 10.4 Å². The van der Waals surface area contributed by atoms with Crippen molar-refractivity contribution in [2.24, 2.45) is 5.73 Å². The Bertz CT molecular complexity index is 1230. The van der Waals surface area contributed by atoms with Gasteiger partial charge in [0.15, 0.2) is 0 Å². The van der Waals surface area contributed by atoms with Crippen LogP contribution in [0.5, 0.6) is 5.75 Å². The van der Waals surface area contributed by atoms with E-state index < -0.39 is 11.9 Å². The molecule has 0 fully saturated rings. The van der Waals surface area contributed by atoms with E-state index in [1.165, 1.54) is 11.8 Å². The molecule has 170 valence electrons. The number of aromatic nitrogens is 2. The highest BCUT2D eigenvalue weighted by Crippen LogP contribution is 2.35. The number of aliphatic hydroxyl groups excluding tert-OH is 1. The van der Waals surface area contributed by atoms with Gasteiger partial charge in [-0.05, 0) is 36.6 Å². The maximum absolute atomic E-state index is 12.5. The molecular weight excluding hydrogens is 422 g/mol. The highest BCUT2D eigenvalue weighted by Gasteiger charge is 2.29. The van der Waals surface area contributed by atoms with Gasteiger partial charge in [-0.1, -0.05) is 36.4 Å². The van der Waals surface area contributed by atoms with Crippen molar-refractivity contribution in [1.82, 2.24) is 15.1 Å². The van der Waals surface area contributed by atoms with Crippen molar-refractivity contribution in [2.45, 2.75) is 25.4 Å². The van der Waals surface area contributed by atoms with Gasteiger partial charge in [-0.25, -0.2) is 4.68 Å². The number of nitrogen functional groups attached to an aromatic ring is 1. The summed E-state index contributed by atoms with van der Waals surface area (Å²) in [6.45, 7) is 0.303. The van der Waals surface area contributed by atoms with Crippen molar-refractivity contribution in [1.29, 1.82) is 0 Å². The lowest BCUT2D eigenvalue weighted by molar-refractivity contribution is 0.0946. The molecule has 0 aliphatic heterocycles. The standard InChI is InChI=1S/C24H25N5O4/c1-33-19-8-3-2-5-16(19)24(32)27-13-14-9-11-15(12-10-14)21-20(23(26)31)22(25)29(28-21)17-6-4-7-18(17)30/h2-3,5,7-12,17,30H,4,6,13,25H2,1H3,(H2,26,31)(H,27,32). The zero-order valence-electron chi connectivity index (χ0n) is 18.1. The molecule has 0 bridgehead atoms. The number of amides is 2. The average Bonchev–Trinajstić information content (AvgIpc) is 3.40. The molecule has 1 unspecified atom stereocenters. The number of hydrogen-bond acceptors (Lipinski definition) is 6. The minimum atomic E-state index is -0.691. The third kappa shape index (κ3) is 4.25. The fourth-order valence-electron chi connectivity index (χ4n) is 3.94. The Hall–Kier alpha value is -4.27. The predicted octanol–water partition coefficient (Wildman–Crippen LogP) is 2.95. The Balaban J connectivity index is 1.54. The van der Waals surface area contributed by atoms with Crippen molar-refractivity contribution in [2.75, 3.05) is 12.8 Å². The van der Waals surface area contributed by atoms with Gasteiger partial charge in [0, 0.05) is 12.1 Å². The van der Waals surface area contributed by atoms with E-state index in [4.69, 9.17) is 16.2 Å². The summed E-state index contributed by atoms with van der Waals surface area (Å²) in [5.41, 5.74) is 14.2. The molecule has 0 spiro atoms. The lowest BCUT2D eigenvalue weighted by Gasteiger charge is -2.13. The summed E-state index contributed by atoms with van der Waals surface area (Å²) in [5.74, 6) is -0.141. The van der Waals surface area contributed by atoms with Crippen LogP contribution in [0.1, 0.15) is 45.2 Å². The average molecular weight is 447 g/mol. The first kappa shape index (κ1) is 21.9. The van der Waals surface area contributed by atoms with Gasteiger partial charge in [0.1, 0.15) is 34.6 Å².